The molecule has 1 atom stereocenters. The number of hydrogen-bond acceptors (Lipinski definition) is 3. The van der Waals surface area contributed by atoms with Crippen molar-refractivity contribution in [3.8, 4) is 0 Å². The Morgan fingerprint density at radius 1 is 1.43 bits per heavy atom. The number of likely N-dealkylation sites (tertiary alicyclic amines) is 1. The van der Waals surface area contributed by atoms with E-state index in [9.17, 15) is 4.39 Å². The molecule has 2 heterocycles. The molecule has 2 rings (SSSR count). The summed E-state index contributed by atoms with van der Waals surface area (Å²) in [5.74, 6) is 0. The molecule has 0 aliphatic carbocycles. The third-order valence-corrected chi connectivity index (χ3v) is 3.40. The molecule has 3 nitrogen and oxygen atoms in total. The van der Waals surface area contributed by atoms with Crippen LogP contribution in [0, 0.1) is 0 Å². The fourth-order valence-corrected chi connectivity index (χ4v) is 2.26. The summed E-state index contributed by atoms with van der Waals surface area (Å²) < 4.78 is 19.0. The summed E-state index contributed by atoms with van der Waals surface area (Å²) in [6, 6.07) is 0.484. The lowest BCUT2D eigenvalue weighted by Crippen LogP contribution is -2.48. The molecule has 2 aliphatic rings. The number of aliphatic hydroxyl groups excluding tert-OH is 1. The van der Waals surface area contributed by atoms with E-state index in [1.54, 1.807) is 0 Å². The van der Waals surface area contributed by atoms with Crippen LogP contribution in [0.2, 0.25) is 0 Å². The van der Waals surface area contributed by atoms with Gasteiger partial charge in [0, 0.05) is 25.7 Å². The first-order valence-electron chi connectivity index (χ1n) is 5.35. The molecule has 1 N–H and O–H groups in total. The van der Waals surface area contributed by atoms with Gasteiger partial charge in [-0.3, -0.25) is 4.90 Å². The minimum atomic E-state index is -1.32. The molecule has 0 radical (unpaired) electrons. The zero-order valence-electron chi connectivity index (χ0n) is 8.41. The summed E-state index contributed by atoms with van der Waals surface area (Å²) in [5, 5.41) is 8.88. The van der Waals surface area contributed by atoms with Gasteiger partial charge in [0.1, 0.15) is 5.67 Å². The topological polar surface area (TPSA) is 32.7 Å². The molecule has 4 heteroatoms. The van der Waals surface area contributed by atoms with E-state index < -0.39 is 5.67 Å². The second-order valence-electron chi connectivity index (χ2n) is 4.36. The van der Waals surface area contributed by atoms with E-state index >= 15 is 0 Å². The van der Waals surface area contributed by atoms with Gasteiger partial charge < -0.3 is 9.84 Å². The molecular weight excluding hydrogens is 185 g/mol. The van der Waals surface area contributed by atoms with Gasteiger partial charge in [0.25, 0.3) is 0 Å². The van der Waals surface area contributed by atoms with Crippen molar-refractivity contribution in [3.63, 3.8) is 0 Å². The molecule has 0 saturated carbocycles. The minimum absolute atomic E-state index is 0.331. The quantitative estimate of drug-likeness (QED) is 0.712. The number of hydrogen-bond donors (Lipinski definition) is 1. The largest absolute Gasteiger partial charge is 0.393 e. The summed E-state index contributed by atoms with van der Waals surface area (Å²) in [4.78, 5) is 2.29. The first-order chi connectivity index (χ1) is 6.73. The van der Waals surface area contributed by atoms with Crippen LogP contribution in [-0.2, 0) is 4.74 Å². The minimum Gasteiger partial charge on any atom is -0.393 e. The molecule has 2 fully saturated rings. The first-order valence-corrected chi connectivity index (χ1v) is 5.35. The average molecular weight is 203 g/mol. The predicted octanol–water partition coefficient (Wildman–Crippen LogP) is 0.572. The van der Waals surface area contributed by atoms with Crippen LogP contribution < -0.4 is 0 Å². The molecule has 82 valence electrons. The Kier molecular flexibility index (Phi) is 3.04. The molecular formula is C10H18FNO2. The van der Waals surface area contributed by atoms with Crippen molar-refractivity contribution in [1.29, 1.82) is 0 Å². The summed E-state index contributed by atoms with van der Waals surface area (Å²) in [6.07, 6.45) is 1.98. The highest BCUT2D eigenvalue weighted by molar-refractivity contribution is 4.89. The zero-order chi connectivity index (χ0) is 10.0. The van der Waals surface area contributed by atoms with Crippen molar-refractivity contribution in [3.05, 3.63) is 0 Å². The Morgan fingerprint density at radius 2 is 2.14 bits per heavy atom. The second kappa shape index (κ2) is 4.13. The Bertz CT molecular complexity index is 187. The Labute approximate surface area is 83.8 Å². The highest BCUT2D eigenvalue weighted by Gasteiger charge is 2.36. The number of nitrogens with zero attached hydrogens (tertiary/aromatic N) is 1. The summed E-state index contributed by atoms with van der Waals surface area (Å²) in [7, 11) is 0. The van der Waals surface area contributed by atoms with Crippen molar-refractivity contribution in [1.82, 2.24) is 4.90 Å². The van der Waals surface area contributed by atoms with Crippen LogP contribution in [0.4, 0.5) is 4.39 Å². The predicted molar refractivity (Wildman–Crippen MR) is 51.0 cm³/mol. The lowest BCUT2D eigenvalue weighted by Gasteiger charge is -2.37. The zero-order valence-corrected chi connectivity index (χ0v) is 8.41. The average Bonchev–Trinajstić information content (AvgIpc) is 2.72. The fourth-order valence-electron chi connectivity index (χ4n) is 2.26. The second-order valence-corrected chi connectivity index (χ2v) is 4.36. The van der Waals surface area contributed by atoms with Crippen molar-refractivity contribution >= 4 is 0 Å². The maximum atomic E-state index is 13.7. The number of ether oxygens (including phenoxy) is 1. The van der Waals surface area contributed by atoms with Crippen molar-refractivity contribution in [2.45, 2.75) is 31.0 Å². The number of piperidine rings is 1. The van der Waals surface area contributed by atoms with Crippen molar-refractivity contribution in [2.24, 2.45) is 0 Å². The maximum Gasteiger partial charge on any atom is 0.136 e. The van der Waals surface area contributed by atoms with Crippen LogP contribution in [0.5, 0.6) is 0 Å². The standard InChI is InChI=1S/C10H18FNO2/c11-10(8-13)2-4-12(5-3-10)9-1-6-14-7-9/h9,13H,1-8H2. The molecule has 0 spiro atoms. The van der Waals surface area contributed by atoms with E-state index in [0.29, 0.717) is 18.9 Å². The van der Waals surface area contributed by atoms with E-state index in [1.807, 2.05) is 0 Å². The molecule has 0 aromatic heterocycles. The van der Waals surface area contributed by atoms with Gasteiger partial charge >= 0.3 is 0 Å². The smallest absolute Gasteiger partial charge is 0.136 e. The number of rotatable bonds is 2. The molecule has 14 heavy (non-hydrogen) atoms. The third-order valence-electron chi connectivity index (χ3n) is 3.40. The highest BCUT2D eigenvalue weighted by atomic mass is 19.1. The van der Waals surface area contributed by atoms with E-state index in [0.717, 1.165) is 32.7 Å². The SMILES string of the molecule is OCC1(F)CCN(C2CCOC2)CC1. The van der Waals surface area contributed by atoms with Gasteiger partial charge in [-0.05, 0) is 19.3 Å². The monoisotopic (exact) mass is 203 g/mol. The van der Waals surface area contributed by atoms with Gasteiger partial charge in [-0.25, -0.2) is 4.39 Å². The number of alkyl halides is 1. The lowest BCUT2D eigenvalue weighted by molar-refractivity contribution is -0.00417. The Balaban J connectivity index is 1.83. The molecule has 0 aromatic carbocycles. The van der Waals surface area contributed by atoms with Crippen LogP contribution in [0.15, 0.2) is 0 Å². The van der Waals surface area contributed by atoms with Gasteiger partial charge in [-0.1, -0.05) is 0 Å². The Morgan fingerprint density at radius 3 is 2.64 bits per heavy atom. The molecule has 2 saturated heterocycles. The summed E-state index contributed by atoms with van der Waals surface area (Å²) in [6.45, 7) is 2.80. The van der Waals surface area contributed by atoms with Gasteiger partial charge in [0.15, 0.2) is 0 Å². The van der Waals surface area contributed by atoms with E-state index in [1.165, 1.54) is 0 Å². The molecule has 0 bridgehead atoms. The molecule has 0 amide bonds. The normalized spacial score (nSPS) is 33.4. The summed E-state index contributed by atoms with van der Waals surface area (Å²) in [5.41, 5.74) is -1.32. The summed E-state index contributed by atoms with van der Waals surface area (Å²) >= 11 is 0. The van der Waals surface area contributed by atoms with Crippen molar-refractivity contribution < 1.29 is 14.2 Å². The van der Waals surface area contributed by atoms with Crippen LogP contribution >= 0.6 is 0 Å². The van der Waals surface area contributed by atoms with E-state index in [2.05, 4.69) is 4.90 Å². The number of halogens is 1. The van der Waals surface area contributed by atoms with Crippen LogP contribution in [0.1, 0.15) is 19.3 Å². The molecule has 0 aromatic rings. The van der Waals surface area contributed by atoms with E-state index in [4.69, 9.17) is 9.84 Å². The van der Waals surface area contributed by atoms with Gasteiger partial charge in [-0.15, -0.1) is 0 Å². The Hall–Kier alpha value is -0.190. The number of aliphatic hydroxyl groups is 1. The fraction of sp³-hybridized carbons (Fsp3) is 1.00. The van der Waals surface area contributed by atoms with Crippen LogP contribution in [0.3, 0.4) is 0 Å². The molecule has 1 unspecified atom stereocenters. The van der Waals surface area contributed by atoms with Gasteiger partial charge in [-0.2, -0.15) is 0 Å². The lowest BCUT2D eigenvalue weighted by atomic mass is 9.93. The third kappa shape index (κ3) is 2.07. The van der Waals surface area contributed by atoms with Crippen molar-refractivity contribution in [2.75, 3.05) is 32.9 Å². The van der Waals surface area contributed by atoms with Gasteiger partial charge in [0.05, 0.1) is 13.2 Å². The van der Waals surface area contributed by atoms with Crippen LogP contribution in [0.25, 0.3) is 0 Å². The molecule has 2 aliphatic heterocycles. The van der Waals surface area contributed by atoms with Crippen LogP contribution in [-0.4, -0.2) is 54.6 Å². The van der Waals surface area contributed by atoms with E-state index in [-0.39, 0.29) is 6.61 Å². The van der Waals surface area contributed by atoms with Gasteiger partial charge in [0.2, 0.25) is 0 Å². The highest BCUT2D eigenvalue weighted by Crippen LogP contribution is 2.28. The first kappa shape index (κ1) is 10.3. The maximum absolute atomic E-state index is 13.7.